The van der Waals surface area contributed by atoms with Gasteiger partial charge in [-0.05, 0) is 24.3 Å². The van der Waals surface area contributed by atoms with Crippen LogP contribution in [0.2, 0.25) is 0 Å². The van der Waals surface area contributed by atoms with Crippen LogP contribution >= 0.6 is 0 Å². The predicted molar refractivity (Wildman–Crippen MR) is 73.2 cm³/mol. The molecule has 0 amide bonds. The van der Waals surface area contributed by atoms with E-state index < -0.39 is 11.6 Å². The molecule has 0 aliphatic rings. The SMILES string of the molecule is COc1cccc(CNc2cc(F)ccc2F)c1OC. The number of methoxy groups -OCH3 is 2. The Kier molecular flexibility index (Phi) is 4.40. The van der Waals surface area contributed by atoms with Crippen LogP contribution in [0.5, 0.6) is 11.5 Å². The molecule has 0 atom stereocenters. The van der Waals surface area contributed by atoms with Crippen LogP contribution in [-0.4, -0.2) is 14.2 Å². The Labute approximate surface area is 116 Å². The van der Waals surface area contributed by atoms with Crippen LogP contribution in [0.3, 0.4) is 0 Å². The highest BCUT2D eigenvalue weighted by Gasteiger charge is 2.10. The van der Waals surface area contributed by atoms with E-state index in [1.165, 1.54) is 7.11 Å². The van der Waals surface area contributed by atoms with Gasteiger partial charge in [0, 0.05) is 12.1 Å². The molecule has 0 aromatic heterocycles. The zero-order chi connectivity index (χ0) is 14.5. The molecule has 2 aromatic carbocycles. The molecule has 0 saturated heterocycles. The average Bonchev–Trinajstić information content (AvgIpc) is 2.47. The van der Waals surface area contributed by atoms with Crippen LogP contribution in [0.15, 0.2) is 36.4 Å². The molecule has 0 radical (unpaired) electrons. The van der Waals surface area contributed by atoms with Crippen LogP contribution in [0.1, 0.15) is 5.56 Å². The maximum atomic E-state index is 13.5. The van der Waals surface area contributed by atoms with Gasteiger partial charge < -0.3 is 14.8 Å². The number of hydrogen-bond acceptors (Lipinski definition) is 3. The summed E-state index contributed by atoms with van der Waals surface area (Å²) in [6.07, 6.45) is 0. The molecule has 2 rings (SSSR count). The second kappa shape index (κ2) is 6.23. The molecule has 0 aliphatic heterocycles. The molecule has 0 fully saturated rings. The summed E-state index contributed by atoms with van der Waals surface area (Å²) in [6, 6.07) is 8.67. The maximum Gasteiger partial charge on any atom is 0.165 e. The van der Waals surface area contributed by atoms with Crippen LogP contribution in [0.4, 0.5) is 14.5 Å². The lowest BCUT2D eigenvalue weighted by Gasteiger charge is -2.14. The molecule has 0 unspecified atom stereocenters. The minimum Gasteiger partial charge on any atom is -0.493 e. The largest absolute Gasteiger partial charge is 0.493 e. The van der Waals surface area contributed by atoms with E-state index in [-0.39, 0.29) is 5.69 Å². The summed E-state index contributed by atoms with van der Waals surface area (Å²) in [7, 11) is 3.07. The zero-order valence-corrected chi connectivity index (χ0v) is 11.2. The van der Waals surface area contributed by atoms with E-state index in [4.69, 9.17) is 9.47 Å². The molecule has 0 saturated carbocycles. The normalized spacial score (nSPS) is 10.2. The lowest BCUT2D eigenvalue weighted by atomic mass is 10.1. The van der Waals surface area contributed by atoms with Crippen molar-refractivity contribution in [3.63, 3.8) is 0 Å². The van der Waals surface area contributed by atoms with Crippen LogP contribution in [0, 0.1) is 11.6 Å². The third-order valence-corrected chi connectivity index (χ3v) is 2.88. The van der Waals surface area contributed by atoms with Gasteiger partial charge in [-0.15, -0.1) is 0 Å². The van der Waals surface area contributed by atoms with Gasteiger partial charge in [0.25, 0.3) is 0 Å². The molecule has 2 aromatic rings. The van der Waals surface area contributed by atoms with Crippen molar-refractivity contribution in [3.8, 4) is 11.5 Å². The Hall–Kier alpha value is -2.30. The fourth-order valence-electron chi connectivity index (χ4n) is 1.92. The van der Waals surface area contributed by atoms with Gasteiger partial charge >= 0.3 is 0 Å². The first-order chi connectivity index (χ1) is 9.65. The first kappa shape index (κ1) is 14.1. The third-order valence-electron chi connectivity index (χ3n) is 2.88. The summed E-state index contributed by atoms with van der Waals surface area (Å²) in [5, 5.41) is 2.85. The van der Waals surface area contributed by atoms with Crippen molar-refractivity contribution < 1.29 is 18.3 Å². The molecule has 0 heterocycles. The molecule has 0 spiro atoms. The summed E-state index contributed by atoms with van der Waals surface area (Å²) >= 11 is 0. The van der Waals surface area contributed by atoms with Crippen molar-refractivity contribution in [2.75, 3.05) is 19.5 Å². The molecule has 1 N–H and O–H groups in total. The Morgan fingerprint density at radius 1 is 1.05 bits per heavy atom. The van der Waals surface area contributed by atoms with Gasteiger partial charge in [0.2, 0.25) is 0 Å². The summed E-state index contributed by atoms with van der Waals surface area (Å²) in [5.74, 6) is 0.158. The Balaban J connectivity index is 2.20. The topological polar surface area (TPSA) is 30.5 Å². The predicted octanol–water partition coefficient (Wildman–Crippen LogP) is 3.59. The van der Waals surface area contributed by atoms with Crippen molar-refractivity contribution in [1.29, 1.82) is 0 Å². The van der Waals surface area contributed by atoms with E-state index in [0.29, 0.717) is 18.0 Å². The van der Waals surface area contributed by atoms with Crippen LogP contribution in [-0.2, 0) is 6.54 Å². The monoisotopic (exact) mass is 279 g/mol. The van der Waals surface area contributed by atoms with E-state index in [0.717, 1.165) is 23.8 Å². The van der Waals surface area contributed by atoms with Crippen molar-refractivity contribution in [2.24, 2.45) is 0 Å². The number of ether oxygens (including phenoxy) is 2. The highest BCUT2D eigenvalue weighted by molar-refractivity contribution is 5.50. The molecule has 3 nitrogen and oxygen atoms in total. The summed E-state index contributed by atoms with van der Waals surface area (Å²) in [6.45, 7) is 0.292. The van der Waals surface area contributed by atoms with Gasteiger partial charge in [-0.2, -0.15) is 0 Å². The molecule has 106 valence electrons. The van der Waals surface area contributed by atoms with Crippen LogP contribution < -0.4 is 14.8 Å². The van der Waals surface area contributed by atoms with Crippen molar-refractivity contribution in [1.82, 2.24) is 0 Å². The number of nitrogens with one attached hydrogen (secondary N) is 1. The first-order valence-electron chi connectivity index (χ1n) is 6.04. The smallest absolute Gasteiger partial charge is 0.165 e. The standard InChI is InChI=1S/C15H15F2NO2/c1-19-14-5-3-4-10(15(14)20-2)9-18-13-8-11(16)6-7-12(13)17/h3-8,18H,9H2,1-2H3. The van der Waals surface area contributed by atoms with Gasteiger partial charge in [0.1, 0.15) is 11.6 Å². The van der Waals surface area contributed by atoms with Gasteiger partial charge in [-0.1, -0.05) is 12.1 Å². The number of para-hydroxylation sites is 1. The maximum absolute atomic E-state index is 13.5. The second-order valence-electron chi connectivity index (χ2n) is 4.13. The molecule has 20 heavy (non-hydrogen) atoms. The highest BCUT2D eigenvalue weighted by atomic mass is 19.1. The van der Waals surface area contributed by atoms with Gasteiger partial charge in [0.15, 0.2) is 11.5 Å². The molecular weight excluding hydrogens is 264 g/mol. The summed E-state index contributed by atoms with van der Waals surface area (Å²) in [4.78, 5) is 0. The average molecular weight is 279 g/mol. The van der Waals surface area contributed by atoms with Gasteiger partial charge in [-0.25, -0.2) is 8.78 Å². The lowest BCUT2D eigenvalue weighted by Crippen LogP contribution is -2.04. The minimum absolute atomic E-state index is 0.106. The first-order valence-corrected chi connectivity index (χ1v) is 6.04. The highest BCUT2D eigenvalue weighted by Crippen LogP contribution is 2.31. The van der Waals surface area contributed by atoms with Gasteiger partial charge in [-0.3, -0.25) is 0 Å². The molecule has 0 bridgehead atoms. The van der Waals surface area contributed by atoms with Crippen molar-refractivity contribution in [2.45, 2.75) is 6.54 Å². The fraction of sp³-hybridized carbons (Fsp3) is 0.200. The Morgan fingerprint density at radius 2 is 1.85 bits per heavy atom. The number of rotatable bonds is 5. The lowest BCUT2D eigenvalue weighted by molar-refractivity contribution is 0.352. The number of hydrogen-bond donors (Lipinski definition) is 1. The summed E-state index contributed by atoms with van der Waals surface area (Å²) in [5.41, 5.74) is 0.894. The van der Waals surface area contributed by atoms with Crippen molar-refractivity contribution >= 4 is 5.69 Å². The number of halogens is 2. The van der Waals surface area contributed by atoms with E-state index in [2.05, 4.69) is 5.32 Å². The quantitative estimate of drug-likeness (QED) is 0.907. The molecule has 0 aliphatic carbocycles. The number of anilines is 1. The van der Waals surface area contributed by atoms with Crippen molar-refractivity contribution in [3.05, 3.63) is 53.6 Å². The van der Waals surface area contributed by atoms with E-state index in [9.17, 15) is 8.78 Å². The van der Waals surface area contributed by atoms with Gasteiger partial charge in [0.05, 0.1) is 19.9 Å². The van der Waals surface area contributed by atoms with E-state index >= 15 is 0 Å². The minimum atomic E-state index is -0.506. The zero-order valence-electron chi connectivity index (χ0n) is 11.2. The second-order valence-corrected chi connectivity index (χ2v) is 4.13. The molecular formula is C15H15F2NO2. The van der Waals surface area contributed by atoms with E-state index in [1.807, 2.05) is 6.07 Å². The van der Waals surface area contributed by atoms with Crippen LogP contribution in [0.25, 0.3) is 0 Å². The molecule has 5 heteroatoms. The fourth-order valence-corrected chi connectivity index (χ4v) is 1.92. The Morgan fingerprint density at radius 3 is 2.55 bits per heavy atom. The van der Waals surface area contributed by atoms with E-state index in [1.54, 1.807) is 19.2 Å². The Bertz CT molecular complexity index is 602. The third kappa shape index (κ3) is 2.99. The number of benzene rings is 2. The summed E-state index contributed by atoms with van der Waals surface area (Å²) < 4.78 is 37.1.